The van der Waals surface area contributed by atoms with Gasteiger partial charge in [-0.15, -0.1) is 0 Å². The Morgan fingerprint density at radius 3 is 2.38 bits per heavy atom. The highest BCUT2D eigenvalue weighted by atomic mass is 16.6. The van der Waals surface area contributed by atoms with E-state index in [1.807, 2.05) is 0 Å². The summed E-state index contributed by atoms with van der Waals surface area (Å²) in [5.41, 5.74) is -3.64. The molecule has 0 aliphatic rings. The second kappa shape index (κ2) is 6.44. The SMILES string of the molecule is CC(=O)CC(c1ccccc1)(c1c(O)c2ccccc2oc1=O)[N+](=O)[O-]. The highest BCUT2D eigenvalue weighted by molar-refractivity contribution is 5.85. The highest BCUT2D eigenvalue weighted by Crippen LogP contribution is 2.41. The van der Waals surface area contributed by atoms with Gasteiger partial charge in [0.15, 0.2) is 5.56 Å². The van der Waals surface area contributed by atoms with E-state index >= 15 is 0 Å². The fraction of sp³-hybridized carbons (Fsp3) is 0.158. The van der Waals surface area contributed by atoms with Gasteiger partial charge >= 0.3 is 5.63 Å². The Bertz CT molecular complexity index is 1060. The first-order valence-corrected chi connectivity index (χ1v) is 7.82. The van der Waals surface area contributed by atoms with Crippen molar-refractivity contribution in [3.8, 4) is 5.75 Å². The number of fused-ring (bicyclic) bond motifs is 1. The second-order valence-electron chi connectivity index (χ2n) is 5.97. The van der Waals surface area contributed by atoms with Gasteiger partial charge in [0.1, 0.15) is 17.1 Å². The van der Waals surface area contributed by atoms with E-state index in [1.54, 1.807) is 30.3 Å². The van der Waals surface area contributed by atoms with Crippen LogP contribution in [-0.4, -0.2) is 15.8 Å². The maximum atomic E-state index is 12.6. The summed E-state index contributed by atoms with van der Waals surface area (Å²) in [4.78, 5) is 35.9. The summed E-state index contributed by atoms with van der Waals surface area (Å²) in [6.45, 7) is 1.20. The van der Waals surface area contributed by atoms with Gasteiger partial charge in [0.2, 0.25) is 0 Å². The van der Waals surface area contributed by atoms with Crippen LogP contribution in [0.5, 0.6) is 5.75 Å². The predicted molar refractivity (Wildman–Crippen MR) is 93.7 cm³/mol. The van der Waals surface area contributed by atoms with Crippen molar-refractivity contribution in [2.45, 2.75) is 18.9 Å². The van der Waals surface area contributed by atoms with Crippen LogP contribution < -0.4 is 5.63 Å². The molecule has 3 rings (SSSR count). The topological polar surface area (TPSA) is 111 Å². The molecule has 0 fully saturated rings. The summed E-state index contributed by atoms with van der Waals surface area (Å²) >= 11 is 0. The first-order valence-electron chi connectivity index (χ1n) is 7.82. The molecule has 7 heteroatoms. The number of hydrogen-bond acceptors (Lipinski definition) is 6. The molecule has 2 aromatic carbocycles. The molecule has 0 radical (unpaired) electrons. The Labute approximate surface area is 147 Å². The molecule has 0 amide bonds. The fourth-order valence-electron chi connectivity index (χ4n) is 3.17. The number of hydrogen-bond donors (Lipinski definition) is 1. The molecule has 0 spiro atoms. The number of Topliss-reactive ketones (excluding diaryl/α,β-unsaturated/α-hetero) is 1. The Morgan fingerprint density at radius 2 is 1.77 bits per heavy atom. The second-order valence-corrected chi connectivity index (χ2v) is 5.97. The van der Waals surface area contributed by atoms with Gasteiger partial charge in [0.25, 0.3) is 5.54 Å². The number of aromatic hydroxyl groups is 1. The lowest BCUT2D eigenvalue weighted by molar-refractivity contribution is -0.565. The van der Waals surface area contributed by atoms with Gasteiger partial charge in [-0.25, -0.2) is 4.79 Å². The molecule has 1 unspecified atom stereocenters. The van der Waals surface area contributed by atoms with Crippen molar-refractivity contribution >= 4 is 16.8 Å². The van der Waals surface area contributed by atoms with E-state index in [0.717, 1.165) is 0 Å². The lowest BCUT2D eigenvalue weighted by Gasteiger charge is -2.25. The molecule has 1 heterocycles. The van der Waals surface area contributed by atoms with Gasteiger partial charge in [-0.3, -0.25) is 14.9 Å². The Hall–Kier alpha value is -3.48. The number of carbonyl (C=O) groups is 1. The lowest BCUT2D eigenvalue weighted by Crippen LogP contribution is -2.42. The van der Waals surface area contributed by atoms with Crippen LogP contribution in [0.15, 0.2) is 63.8 Å². The van der Waals surface area contributed by atoms with Crippen LogP contribution in [0.4, 0.5) is 0 Å². The first-order chi connectivity index (χ1) is 12.4. The van der Waals surface area contributed by atoms with Crippen molar-refractivity contribution in [2.24, 2.45) is 0 Å². The molecule has 132 valence electrons. The zero-order valence-corrected chi connectivity index (χ0v) is 13.8. The zero-order chi connectivity index (χ0) is 18.9. The zero-order valence-electron chi connectivity index (χ0n) is 13.8. The van der Waals surface area contributed by atoms with Crippen LogP contribution in [0.3, 0.4) is 0 Å². The number of rotatable bonds is 5. The Balaban J connectivity index is 2.47. The molecule has 3 aromatic rings. The molecule has 0 saturated carbocycles. The van der Waals surface area contributed by atoms with Crippen LogP contribution in [0.2, 0.25) is 0 Å². The van der Waals surface area contributed by atoms with Crippen molar-refractivity contribution in [1.29, 1.82) is 0 Å². The van der Waals surface area contributed by atoms with Crippen LogP contribution in [0.25, 0.3) is 11.0 Å². The smallest absolute Gasteiger partial charge is 0.351 e. The molecular formula is C19H15NO6. The van der Waals surface area contributed by atoms with E-state index in [-0.39, 0.29) is 16.5 Å². The Morgan fingerprint density at radius 1 is 1.15 bits per heavy atom. The van der Waals surface area contributed by atoms with Crippen molar-refractivity contribution in [2.75, 3.05) is 0 Å². The van der Waals surface area contributed by atoms with Gasteiger partial charge in [0, 0.05) is 10.5 Å². The third-order valence-corrected chi connectivity index (χ3v) is 4.27. The summed E-state index contributed by atoms with van der Waals surface area (Å²) in [6, 6.07) is 13.8. The predicted octanol–water partition coefficient (Wildman–Crippen LogP) is 3.00. The minimum atomic E-state index is -2.25. The number of carbonyl (C=O) groups excluding carboxylic acids is 1. The van der Waals surface area contributed by atoms with E-state index in [2.05, 4.69) is 0 Å². The van der Waals surface area contributed by atoms with E-state index in [4.69, 9.17) is 4.42 Å². The minimum Gasteiger partial charge on any atom is -0.506 e. The maximum absolute atomic E-state index is 12.6. The molecule has 1 atom stereocenters. The van der Waals surface area contributed by atoms with Crippen molar-refractivity contribution in [3.05, 3.63) is 86.3 Å². The molecule has 0 aliphatic carbocycles. The van der Waals surface area contributed by atoms with Gasteiger partial charge in [-0.2, -0.15) is 0 Å². The van der Waals surface area contributed by atoms with Crippen molar-refractivity contribution in [1.82, 2.24) is 0 Å². The average molecular weight is 353 g/mol. The molecule has 0 bridgehead atoms. The number of para-hydroxylation sites is 1. The van der Waals surface area contributed by atoms with Crippen molar-refractivity contribution in [3.63, 3.8) is 0 Å². The van der Waals surface area contributed by atoms with Gasteiger partial charge in [0.05, 0.1) is 11.8 Å². The quantitative estimate of drug-likeness (QED) is 0.429. The van der Waals surface area contributed by atoms with Gasteiger partial charge in [-0.1, -0.05) is 42.5 Å². The van der Waals surface area contributed by atoms with E-state index in [1.165, 1.54) is 31.2 Å². The number of nitro groups is 1. The maximum Gasteiger partial charge on any atom is 0.351 e. The molecule has 1 N–H and O–H groups in total. The summed E-state index contributed by atoms with van der Waals surface area (Å²) < 4.78 is 5.20. The largest absolute Gasteiger partial charge is 0.506 e. The third-order valence-electron chi connectivity index (χ3n) is 4.27. The first kappa shape index (κ1) is 17.3. The average Bonchev–Trinajstić information content (AvgIpc) is 2.61. The van der Waals surface area contributed by atoms with Crippen LogP contribution in [0.1, 0.15) is 24.5 Å². The van der Waals surface area contributed by atoms with Gasteiger partial charge in [-0.05, 0) is 19.1 Å². The van der Waals surface area contributed by atoms with Crippen LogP contribution >= 0.6 is 0 Å². The highest BCUT2D eigenvalue weighted by Gasteiger charge is 2.52. The normalized spacial score (nSPS) is 13.3. The molecule has 26 heavy (non-hydrogen) atoms. The summed E-state index contributed by atoms with van der Waals surface area (Å²) in [5.74, 6) is -1.06. The molecule has 0 aliphatic heterocycles. The minimum absolute atomic E-state index is 0.104. The number of nitrogens with zero attached hydrogens (tertiary/aromatic N) is 1. The van der Waals surface area contributed by atoms with E-state index in [9.17, 15) is 24.8 Å². The summed E-state index contributed by atoms with van der Waals surface area (Å²) in [7, 11) is 0. The summed E-state index contributed by atoms with van der Waals surface area (Å²) in [5, 5.41) is 23.0. The van der Waals surface area contributed by atoms with Gasteiger partial charge < -0.3 is 9.52 Å². The molecule has 7 nitrogen and oxygen atoms in total. The van der Waals surface area contributed by atoms with Crippen molar-refractivity contribution < 1.29 is 19.2 Å². The molecular weight excluding hydrogens is 338 g/mol. The van der Waals surface area contributed by atoms with Crippen LogP contribution in [-0.2, 0) is 10.3 Å². The van der Waals surface area contributed by atoms with E-state index < -0.39 is 39.6 Å². The molecule has 1 aromatic heterocycles. The van der Waals surface area contributed by atoms with Crippen LogP contribution in [0, 0.1) is 10.1 Å². The third kappa shape index (κ3) is 2.63. The summed E-state index contributed by atoms with van der Waals surface area (Å²) in [6.07, 6.45) is -0.597. The Kier molecular flexibility index (Phi) is 4.29. The standard InChI is InChI=1S/C19H15NO6/c1-12(21)11-19(20(24)25,13-7-3-2-4-8-13)16-17(22)14-9-5-6-10-15(14)26-18(16)23/h2-10,22H,11H2,1H3. The number of ketones is 1. The molecule has 0 saturated heterocycles. The fourth-order valence-corrected chi connectivity index (χ4v) is 3.17. The monoisotopic (exact) mass is 353 g/mol. The number of benzene rings is 2. The van der Waals surface area contributed by atoms with E-state index in [0.29, 0.717) is 0 Å². The lowest BCUT2D eigenvalue weighted by atomic mass is 9.79.